The quantitative estimate of drug-likeness (QED) is 0.485. The molecule has 1 aromatic heterocycles. The molecule has 0 amide bonds. The third-order valence-electron chi connectivity index (χ3n) is 2.69. The van der Waals surface area contributed by atoms with Crippen molar-refractivity contribution >= 4 is 46.4 Å². The molecule has 0 aliphatic carbocycles. The van der Waals surface area contributed by atoms with Gasteiger partial charge in [0, 0.05) is 12.0 Å². The van der Waals surface area contributed by atoms with Gasteiger partial charge in [-0.05, 0) is 6.07 Å². The number of alkyl halides is 1. The topological polar surface area (TPSA) is 35.0 Å². The molecule has 3 nitrogen and oxygen atoms in total. The predicted octanol–water partition coefficient (Wildman–Crippen LogP) is 6.09. The summed E-state index contributed by atoms with van der Waals surface area (Å²) >= 11 is 23.9. The second-order valence-corrected chi connectivity index (χ2v) is 6.12. The Balaban J connectivity index is 2.37. The van der Waals surface area contributed by atoms with Crippen LogP contribution in [0.3, 0.4) is 0 Å². The summed E-state index contributed by atoms with van der Waals surface area (Å²) in [5.74, 6) is 1.93. The van der Waals surface area contributed by atoms with Gasteiger partial charge in [0.2, 0.25) is 0 Å². The second kappa shape index (κ2) is 7.01. The average molecular weight is 366 g/mol. The molecule has 112 valence electrons. The minimum absolute atomic E-state index is 0.203. The van der Waals surface area contributed by atoms with Crippen LogP contribution in [0.4, 0.5) is 0 Å². The Morgan fingerprint density at radius 1 is 1.05 bits per heavy atom. The first-order valence-corrected chi connectivity index (χ1v) is 7.83. The molecule has 7 heteroatoms. The molecule has 0 fully saturated rings. The SMILES string of the molecule is CC(C)c1ncc(Oc2cc(Cl)c(Cl)cc2Cl)c(CCl)n1. The summed E-state index contributed by atoms with van der Waals surface area (Å²) in [6.45, 7) is 4.01. The molecule has 0 atom stereocenters. The predicted molar refractivity (Wildman–Crippen MR) is 87.2 cm³/mol. The zero-order chi connectivity index (χ0) is 15.6. The molecule has 1 heterocycles. The summed E-state index contributed by atoms with van der Waals surface area (Å²) in [5, 5.41) is 1.05. The molecule has 0 bridgehead atoms. The van der Waals surface area contributed by atoms with Crippen LogP contribution in [0, 0.1) is 0 Å². The van der Waals surface area contributed by atoms with E-state index in [-0.39, 0.29) is 11.8 Å². The Bertz CT molecular complexity index is 662. The summed E-state index contributed by atoms with van der Waals surface area (Å²) in [6, 6.07) is 3.06. The lowest BCUT2D eigenvalue weighted by Crippen LogP contribution is -2.02. The van der Waals surface area contributed by atoms with Crippen molar-refractivity contribution in [3.8, 4) is 11.5 Å². The monoisotopic (exact) mass is 364 g/mol. The highest BCUT2D eigenvalue weighted by molar-refractivity contribution is 6.43. The second-order valence-electron chi connectivity index (χ2n) is 4.63. The third-order valence-corrected chi connectivity index (χ3v) is 3.96. The molecular weight excluding hydrogens is 354 g/mol. The Morgan fingerprint density at radius 3 is 2.33 bits per heavy atom. The van der Waals surface area contributed by atoms with Gasteiger partial charge in [-0.3, -0.25) is 0 Å². The maximum Gasteiger partial charge on any atom is 0.168 e. The van der Waals surface area contributed by atoms with E-state index in [0.717, 1.165) is 0 Å². The van der Waals surface area contributed by atoms with Crippen molar-refractivity contribution in [1.29, 1.82) is 0 Å². The molecule has 0 saturated carbocycles. The summed E-state index contributed by atoms with van der Waals surface area (Å²) in [5.41, 5.74) is 0.595. The van der Waals surface area contributed by atoms with E-state index in [1.807, 2.05) is 13.8 Å². The highest BCUT2D eigenvalue weighted by Gasteiger charge is 2.14. The normalized spacial score (nSPS) is 11.0. The molecule has 0 N–H and O–H groups in total. The third kappa shape index (κ3) is 3.92. The fraction of sp³-hybridized carbons (Fsp3) is 0.286. The van der Waals surface area contributed by atoms with Gasteiger partial charge >= 0.3 is 0 Å². The molecule has 0 aliphatic rings. The van der Waals surface area contributed by atoms with Crippen LogP contribution in [0.2, 0.25) is 15.1 Å². The van der Waals surface area contributed by atoms with Crippen LogP contribution >= 0.6 is 46.4 Å². The molecule has 2 rings (SSSR count). The van der Waals surface area contributed by atoms with Gasteiger partial charge in [-0.25, -0.2) is 9.97 Å². The zero-order valence-corrected chi connectivity index (χ0v) is 14.4. The number of ether oxygens (including phenoxy) is 1. The van der Waals surface area contributed by atoms with E-state index in [0.29, 0.717) is 38.1 Å². The smallest absolute Gasteiger partial charge is 0.168 e. The van der Waals surface area contributed by atoms with Crippen LogP contribution in [0.1, 0.15) is 31.3 Å². The van der Waals surface area contributed by atoms with Crippen LogP contribution in [0.15, 0.2) is 18.3 Å². The summed E-state index contributed by atoms with van der Waals surface area (Å²) < 4.78 is 5.72. The van der Waals surface area contributed by atoms with Crippen LogP contribution in [0.5, 0.6) is 11.5 Å². The number of rotatable bonds is 4. The largest absolute Gasteiger partial charge is 0.452 e. The van der Waals surface area contributed by atoms with E-state index < -0.39 is 0 Å². The van der Waals surface area contributed by atoms with Gasteiger partial charge in [0.05, 0.1) is 27.1 Å². The fourth-order valence-electron chi connectivity index (χ4n) is 1.58. The minimum Gasteiger partial charge on any atom is -0.452 e. The van der Waals surface area contributed by atoms with Gasteiger partial charge in [-0.15, -0.1) is 11.6 Å². The number of aromatic nitrogens is 2. The van der Waals surface area contributed by atoms with E-state index in [1.54, 1.807) is 12.3 Å². The van der Waals surface area contributed by atoms with Gasteiger partial charge in [0.1, 0.15) is 17.3 Å². The Kier molecular flexibility index (Phi) is 5.55. The highest BCUT2D eigenvalue weighted by Crippen LogP contribution is 2.37. The maximum atomic E-state index is 6.09. The molecule has 1 aromatic carbocycles. The highest BCUT2D eigenvalue weighted by atomic mass is 35.5. The lowest BCUT2D eigenvalue weighted by Gasteiger charge is -2.12. The van der Waals surface area contributed by atoms with Gasteiger partial charge in [-0.1, -0.05) is 48.7 Å². The van der Waals surface area contributed by atoms with Gasteiger partial charge in [-0.2, -0.15) is 0 Å². The van der Waals surface area contributed by atoms with Crippen LogP contribution in [-0.2, 0) is 5.88 Å². The van der Waals surface area contributed by atoms with E-state index in [2.05, 4.69) is 9.97 Å². The molecule has 21 heavy (non-hydrogen) atoms. The van der Waals surface area contributed by atoms with Crippen LogP contribution < -0.4 is 4.74 Å². The first-order valence-electron chi connectivity index (χ1n) is 6.16. The zero-order valence-electron chi connectivity index (χ0n) is 11.3. The lowest BCUT2D eigenvalue weighted by atomic mass is 10.2. The molecule has 0 spiro atoms. The minimum atomic E-state index is 0.203. The van der Waals surface area contributed by atoms with E-state index in [1.165, 1.54) is 6.07 Å². The van der Waals surface area contributed by atoms with E-state index in [9.17, 15) is 0 Å². The van der Waals surface area contributed by atoms with Gasteiger partial charge < -0.3 is 4.74 Å². The first-order chi connectivity index (χ1) is 9.92. The number of halogens is 4. The van der Waals surface area contributed by atoms with Crippen molar-refractivity contribution in [3.05, 3.63) is 44.9 Å². The van der Waals surface area contributed by atoms with Gasteiger partial charge in [0.25, 0.3) is 0 Å². The first kappa shape index (κ1) is 16.6. The molecule has 0 unspecified atom stereocenters. The van der Waals surface area contributed by atoms with Crippen molar-refractivity contribution < 1.29 is 4.74 Å². The van der Waals surface area contributed by atoms with Crippen LogP contribution in [-0.4, -0.2) is 9.97 Å². The summed E-state index contributed by atoms with van der Waals surface area (Å²) in [6.07, 6.45) is 1.58. The Hall–Kier alpha value is -0.740. The number of hydrogen-bond donors (Lipinski definition) is 0. The molecular formula is C14H12Cl4N2O. The lowest BCUT2D eigenvalue weighted by molar-refractivity contribution is 0.470. The number of benzene rings is 1. The molecule has 0 aliphatic heterocycles. The van der Waals surface area contributed by atoms with E-state index >= 15 is 0 Å². The van der Waals surface area contributed by atoms with Crippen LogP contribution in [0.25, 0.3) is 0 Å². The maximum absolute atomic E-state index is 6.09. The summed E-state index contributed by atoms with van der Waals surface area (Å²) in [7, 11) is 0. The number of hydrogen-bond acceptors (Lipinski definition) is 3. The van der Waals surface area contributed by atoms with Crippen molar-refractivity contribution in [2.75, 3.05) is 0 Å². The standard InChI is InChI=1S/C14H12Cl4N2O/c1-7(2)14-19-6-13(11(5-15)20-14)21-12-4-9(17)8(16)3-10(12)18/h3-4,6-7H,5H2,1-2H3. The van der Waals surface area contributed by atoms with Crippen molar-refractivity contribution in [1.82, 2.24) is 9.97 Å². The molecule has 0 saturated heterocycles. The average Bonchev–Trinajstić information content (AvgIpc) is 2.44. The van der Waals surface area contributed by atoms with Gasteiger partial charge in [0.15, 0.2) is 5.75 Å². The fourth-order valence-corrected chi connectivity index (χ4v) is 2.35. The van der Waals surface area contributed by atoms with Crippen molar-refractivity contribution in [2.45, 2.75) is 25.6 Å². The van der Waals surface area contributed by atoms with Crippen molar-refractivity contribution in [2.24, 2.45) is 0 Å². The molecule has 0 radical (unpaired) electrons. The summed E-state index contributed by atoms with van der Waals surface area (Å²) in [4.78, 5) is 8.64. The number of nitrogens with zero attached hydrogens (tertiary/aromatic N) is 2. The Labute approximate surface area is 143 Å². The molecule has 2 aromatic rings. The van der Waals surface area contributed by atoms with Crippen molar-refractivity contribution in [3.63, 3.8) is 0 Å². The van der Waals surface area contributed by atoms with E-state index in [4.69, 9.17) is 51.1 Å². The Morgan fingerprint density at radius 2 is 1.71 bits per heavy atom.